The third-order valence-corrected chi connectivity index (χ3v) is 3.83. The molecule has 2 heterocycles. The predicted octanol–water partition coefficient (Wildman–Crippen LogP) is 5.63. The molecule has 0 radical (unpaired) electrons. The van der Waals surface area contributed by atoms with Crippen molar-refractivity contribution in [2.24, 2.45) is 0 Å². The molecule has 0 bridgehead atoms. The maximum atomic E-state index is 4.76. The molecular formula is C16H18Cl2N2S. The van der Waals surface area contributed by atoms with Crippen LogP contribution in [0.3, 0.4) is 0 Å². The summed E-state index contributed by atoms with van der Waals surface area (Å²) >= 11 is 1.72. The Morgan fingerprint density at radius 1 is 1.05 bits per heavy atom. The Balaban J connectivity index is 0.00000110. The Bertz CT molecular complexity index is 697. The lowest BCUT2D eigenvalue weighted by molar-refractivity contribution is 0.901. The second kappa shape index (κ2) is 7.64. The van der Waals surface area contributed by atoms with Crippen molar-refractivity contribution < 1.29 is 0 Å². The number of hydrogen-bond donors (Lipinski definition) is 1. The zero-order valence-corrected chi connectivity index (χ0v) is 14.3. The van der Waals surface area contributed by atoms with E-state index in [9.17, 15) is 0 Å². The molecule has 5 heteroatoms. The van der Waals surface area contributed by atoms with Crippen molar-refractivity contribution in [2.45, 2.75) is 19.9 Å². The standard InChI is InChI=1S/C16H16N2S.2ClH/c1-11(2)17-14-10-15(16-8-5-9-19-16)18-13-7-4-3-6-12(13)14;;/h3-11H,1-2H3,(H,17,18);2*1H. The zero-order valence-electron chi connectivity index (χ0n) is 11.9. The normalized spacial score (nSPS) is 10.0. The molecule has 2 aromatic heterocycles. The van der Waals surface area contributed by atoms with Gasteiger partial charge in [-0.1, -0.05) is 24.3 Å². The molecule has 0 fully saturated rings. The Kier molecular flexibility index (Phi) is 6.46. The number of anilines is 1. The van der Waals surface area contributed by atoms with Crippen molar-refractivity contribution in [1.29, 1.82) is 0 Å². The van der Waals surface area contributed by atoms with Gasteiger partial charge in [-0.15, -0.1) is 36.2 Å². The maximum Gasteiger partial charge on any atom is 0.0829 e. The highest BCUT2D eigenvalue weighted by molar-refractivity contribution is 7.13. The highest BCUT2D eigenvalue weighted by Gasteiger charge is 2.08. The summed E-state index contributed by atoms with van der Waals surface area (Å²) in [5.74, 6) is 0. The fourth-order valence-electron chi connectivity index (χ4n) is 2.16. The van der Waals surface area contributed by atoms with Crippen LogP contribution in [0.5, 0.6) is 0 Å². The van der Waals surface area contributed by atoms with Gasteiger partial charge in [0.25, 0.3) is 0 Å². The average Bonchev–Trinajstić information content (AvgIpc) is 2.92. The van der Waals surface area contributed by atoms with Gasteiger partial charge >= 0.3 is 0 Å². The average molecular weight is 341 g/mol. The van der Waals surface area contributed by atoms with Gasteiger partial charge in [-0.3, -0.25) is 0 Å². The third-order valence-electron chi connectivity index (χ3n) is 2.93. The lowest BCUT2D eigenvalue weighted by Gasteiger charge is -2.14. The summed E-state index contributed by atoms with van der Waals surface area (Å²) in [6.07, 6.45) is 0. The van der Waals surface area contributed by atoms with Crippen LogP contribution in [0.25, 0.3) is 21.5 Å². The molecule has 0 unspecified atom stereocenters. The number of rotatable bonds is 3. The topological polar surface area (TPSA) is 24.9 Å². The first-order valence-electron chi connectivity index (χ1n) is 6.44. The van der Waals surface area contributed by atoms with E-state index in [2.05, 4.69) is 60.9 Å². The molecule has 3 rings (SSSR count). The van der Waals surface area contributed by atoms with E-state index >= 15 is 0 Å². The first-order valence-corrected chi connectivity index (χ1v) is 7.32. The van der Waals surface area contributed by atoms with Crippen LogP contribution in [0.4, 0.5) is 5.69 Å². The number of hydrogen-bond acceptors (Lipinski definition) is 3. The molecule has 21 heavy (non-hydrogen) atoms. The van der Waals surface area contributed by atoms with Gasteiger partial charge in [-0.05, 0) is 37.4 Å². The van der Waals surface area contributed by atoms with Crippen LogP contribution in [-0.4, -0.2) is 11.0 Å². The number of pyridine rings is 1. The summed E-state index contributed by atoms with van der Waals surface area (Å²) in [6, 6.07) is 15.0. The van der Waals surface area contributed by atoms with E-state index in [1.54, 1.807) is 11.3 Å². The Morgan fingerprint density at radius 3 is 2.48 bits per heavy atom. The largest absolute Gasteiger partial charge is 0.382 e. The number of benzene rings is 1. The molecule has 0 aliphatic rings. The number of fused-ring (bicyclic) bond motifs is 1. The summed E-state index contributed by atoms with van der Waals surface area (Å²) in [5, 5.41) is 6.78. The Labute approximate surface area is 141 Å². The number of thiophene rings is 1. The number of aromatic nitrogens is 1. The lowest BCUT2D eigenvalue weighted by Crippen LogP contribution is -2.10. The van der Waals surface area contributed by atoms with Gasteiger partial charge < -0.3 is 5.32 Å². The quantitative estimate of drug-likeness (QED) is 0.668. The molecule has 1 N–H and O–H groups in total. The second-order valence-electron chi connectivity index (χ2n) is 4.85. The number of halogens is 2. The van der Waals surface area contributed by atoms with Crippen LogP contribution in [0.1, 0.15) is 13.8 Å². The van der Waals surface area contributed by atoms with Crippen LogP contribution in [0, 0.1) is 0 Å². The number of para-hydroxylation sites is 1. The minimum Gasteiger partial charge on any atom is -0.382 e. The smallest absolute Gasteiger partial charge is 0.0829 e. The van der Waals surface area contributed by atoms with Gasteiger partial charge in [0.15, 0.2) is 0 Å². The minimum absolute atomic E-state index is 0. The first kappa shape index (κ1) is 17.8. The summed E-state index contributed by atoms with van der Waals surface area (Å²) in [4.78, 5) is 5.96. The van der Waals surface area contributed by atoms with E-state index in [1.165, 1.54) is 10.3 Å². The molecule has 112 valence electrons. The Morgan fingerprint density at radius 2 is 1.81 bits per heavy atom. The van der Waals surface area contributed by atoms with Crippen LogP contribution in [0.2, 0.25) is 0 Å². The molecule has 0 amide bonds. The van der Waals surface area contributed by atoms with E-state index in [0.29, 0.717) is 6.04 Å². The first-order chi connectivity index (χ1) is 9.24. The molecule has 0 spiro atoms. The molecule has 1 aromatic carbocycles. The fraction of sp³-hybridized carbons (Fsp3) is 0.188. The van der Waals surface area contributed by atoms with Gasteiger partial charge in [0.05, 0.1) is 16.1 Å². The van der Waals surface area contributed by atoms with Crippen molar-refractivity contribution >= 4 is 52.7 Å². The van der Waals surface area contributed by atoms with Crippen molar-refractivity contribution in [3.05, 3.63) is 47.8 Å². The van der Waals surface area contributed by atoms with Gasteiger partial charge in [0.2, 0.25) is 0 Å². The van der Waals surface area contributed by atoms with E-state index in [1.807, 2.05) is 6.07 Å². The molecule has 0 aliphatic carbocycles. The number of nitrogens with zero attached hydrogens (tertiary/aromatic N) is 1. The van der Waals surface area contributed by atoms with E-state index in [-0.39, 0.29) is 24.8 Å². The van der Waals surface area contributed by atoms with Crippen molar-refractivity contribution in [2.75, 3.05) is 5.32 Å². The van der Waals surface area contributed by atoms with Crippen LogP contribution < -0.4 is 5.32 Å². The zero-order chi connectivity index (χ0) is 13.2. The molecular weight excluding hydrogens is 323 g/mol. The Hall–Kier alpha value is -1.29. The summed E-state index contributed by atoms with van der Waals surface area (Å²) in [5.41, 5.74) is 3.23. The maximum absolute atomic E-state index is 4.76. The molecule has 0 saturated carbocycles. The fourth-order valence-corrected chi connectivity index (χ4v) is 2.84. The molecule has 0 saturated heterocycles. The minimum atomic E-state index is 0. The monoisotopic (exact) mass is 340 g/mol. The summed E-state index contributed by atoms with van der Waals surface area (Å²) in [7, 11) is 0. The third kappa shape index (κ3) is 3.88. The predicted molar refractivity (Wildman–Crippen MR) is 98.3 cm³/mol. The van der Waals surface area contributed by atoms with Crippen LogP contribution >= 0.6 is 36.2 Å². The van der Waals surface area contributed by atoms with Crippen molar-refractivity contribution in [3.8, 4) is 10.6 Å². The summed E-state index contributed by atoms with van der Waals surface area (Å²) in [6.45, 7) is 4.31. The van der Waals surface area contributed by atoms with E-state index in [4.69, 9.17) is 4.98 Å². The van der Waals surface area contributed by atoms with Crippen molar-refractivity contribution in [1.82, 2.24) is 4.98 Å². The van der Waals surface area contributed by atoms with Crippen LogP contribution in [-0.2, 0) is 0 Å². The van der Waals surface area contributed by atoms with Gasteiger partial charge in [0.1, 0.15) is 0 Å². The number of nitrogens with one attached hydrogen (secondary N) is 1. The van der Waals surface area contributed by atoms with E-state index < -0.39 is 0 Å². The van der Waals surface area contributed by atoms with Gasteiger partial charge in [0, 0.05) is 17.1 Å². The van der Waals surface area contributed by atoms with Crippen molar-refractivity contribution in [3.63, 3.8) is 0 Å². The van der Waals surface area contributed by atoms with E-state index in [0.717, 1.165) is 16.9 Å². The van der Waals surface area contributed by atoms with Gasteiger partial charge in [-0.25, -0.2) is 4.98 Å². The molecule has 2 nitrogen and oxygen atoms in total. The second-order valence-corrected chi connectivity index (χ2v) is 5.80. The SMILES string of the molecule is CC(C)Nc1cc(-c2cccs2)nc2ccccc12.Cl.Cl. The molecule has 0 aliphatic heterocycles. The summed E-state index contributed by atoms with van der Waals surface area (Å²) < 4.78 is 0. The highest BCUT2D eigenvalue weighted by atomic mass is 35.5. The lowest BCUT2D eigenvalue weighted by atomic mass is 10.1. The molecule has 0 atom stereocenters. The highest BCUT2D eigenvalue weighted by Crippen LogP contribution is 2.30. The van der Waals surface area contributed by atoms with Crippen LogP contribution in [0.15, 0.2) is 47.8 Å². The molecule has 3 aromatic rings. The van der Waals surface area contributed by atoms with Gasteiger partial charge in [-0.2, -0.15) is 0 Å².